The Hall–Kier alpha value is -2.44. The highest BCUT2D eigenvalue weighted by atomic mass is 16.2. The van der Waals surface area contributed by atoms with Crippen molar-refractivity contribution in [2.45, 2.75) is 72.3 Å². The van der Waals surface area contributed by atoms with Gasteiger partial charge in [0.05, 0.1) is 22.2 Å². The van der Waals surface area contributed by atoms with Crippen molar-refractivity contribution in [2.75, 3.05) is 26.2 Å². The van der Waals surface area contributed by atoms with E-state index >= 15 is 0 Å². The van der Waals surface area contributed by atoms with Crippen molar-refractivity contribution < 1.29 is 9.59 Å². The molecule has 0 spiro atoms. The van der Waals surface area contributed by atoms with Crippen LogP contribution < -0.4 is 0 Å². The van der Waals surface area contributed by atoms with Crippen LogP contribution >= 0.6 is 0 Å². The quantitative estimate of drug-likeness (QED) is 0.752. The molecule has 1 saturated heterocycles. The molecular formula is C24H35N5O2. The SMILES string of the molecule is Cc1nn(C(C)(C)C)c2nc(C(C)C)cc(C(=O)N3CCN(C(=O)C4CCC4)CC3)c12. The second kappa shape index (κ2) is 7.92. The summed E-state index contributed by atoms with van der Waals surface area (Å²) in [7, 11) is 0. The number of nitrogens with zero attached hydrogens (tertiary/aromatic N) is 5. The lowest BCUT2D eigenvalue weighted by molar-refractivity contribution is -0.139. The van der Waals surface area contributed by atoms with Gasteiger partial charge in [-0.3, -0.25) is 9.59 Å². The number of hydrogen-bond donors (Lipinski definition) is 0. The summed E-state index contributed by atoms with van der Waals surface area (Å²) in [6, 6.07) is 1.95. The van der Waals surface area contributed by atoms with Gasteiger partial charge in [0.25, 0.3) is 5.91 Å². The Labute approximate surface area is 184 Å². The lowest BCUT2D eigenvalue weighted by Gasteiger charge is -2.38. The maximum Gasteiger partial charge on any atom is 0.254 e. The van der Waals surface area contributed by atoms with Crippen molar-refractivity contribution >= 4 is 22.8 Å². The van der Waals surface area contributed by atoms with Crippen molar-refractivity contribution in [1.82, 2.24) is 24.6 Å². The van der Waals surface area contributed by atoms with Gasteiger partial charge >= 0.3 is 0 Å². The molecule has 4 rings (SSSR count). The minimum Gasteiger partial charge on any atom is -0.339 e. The first-order valence-electron chi connectivity index (χ1n) is 11.6. The lowest BCUT2D eigenvalue weighted by atomic mass is 9.84. The van der Waals surface area contributed by atoms with Gasteiger partial charge < -0.3 is 9.80 Å². The third-order valence-electron chi connectivity index (χ3n) is 6.62. The van der Waals surface area contributed by atoms with E-state index in [0.29, 0.717) is 31.7 Å². The third kappa shape index (κ3) is 3.94. The van der Waals surface area contributed by atoms with Crippen molar-refractivity contribution in [3.8, 4) is 0 Å². The number of piperazine rings is 1. The number of rotatable bonds is 3. The molecule has 0 aromatic carbocycles. The van der Waals surface area contributed by atoms with Crippen LogP contribution in [-0.2, 0) is 10.3 Å². The zero-order valence-corrected chi connectivity index (χ0v) is 19.7. The Morgan fingerprint density at radius 1 is 1.06 bits per heavy atom. The Morgan fingerprint density at radius 3 is 2.19 bits per heavy atom. The molecule has 31 heavy (non-hydrogen) atoms. The first-order valence-corrected chi connectivity index (χ1v) is 11.6. The molecule has 0 bridgehead atoms. The number of aromatic nitrogens is 3. The molecule has 2 fully saturated rings. The van der Waals surface area contributed by atoms with Gasteiger partial charge in [0.2, 0.25) is 5.91 Å². The number of carbonyl (C=O) groups excluding carboxylic acids is 2. The molecule has 1 aliphatic heterocycles. The summed E-state index contributed by atoms with van der Waals surface area (Å²) in [4.78, 5) is 34.9. The van der Waals surface area contributed by atoms with Gasteiger partial charge in [-0.1, -0.05) is 20.3 Å². The van der Waals surface area contributed by atoms with E-state index in [2.05, 4.69) is 34.6 Å². The highest BCUT2D eigenvalue weighted by molar-refractivity contribution is 6.06. The molecule has 0 atom stereocenters. The number of carbonyl (C=O) groups is 2. The second-order valence-corrected chi connectivity index (χ2v) is 10.4. The van der Waals surface area contributed by atoms with Crippen LogP contribution in [0.25, 0.3) is 11.0 Å². The summed E-state index contributed by atoms with van der Waals surface area (Å²) in [6.07, 6.45) is 3.19. The van der Waals surface area contributed by atoms with Gasteiger partial charge in [0.15, 0.2) is 5.65 Å². The first-order chi connectivity index (χ1) is 14.6. The predicted molar refractivity (Wildman–Crippen MR) is 121 cm³/mol. The van der Waals surface area contributed by atoms with Crippen LogP contribution in [0.5, 0.6) is 0 Å². The van der Waals surface area contributed by atoms with Crippen LogP contribution in [0.1, 0.15) is 81.5 Å². The van der Waals surface area contributed by atoms with E-state index in [1.807, 2.05) is 27.5 Å². The van der Waals surface area contributed by atoms with Gasteiger partial charge in [-0.25, -0.2) is 9.67 Å². The predicted octanol–water partition coefficient (Wildman–Crippen LogP) is 3.70. The average Bonchev–Trinajstić information content (AvgIpc) is 3.02. The standard InChI is InChI=1S/C24H35N5O2/c1-15(2)19-14-18(20-16(3)26-29(21(20)25-19)24(4,5)6)23(31)28-12-10-27(11-13-28)22(30)17-8-7-9-17/h14-15,17H,7-13H2,1-6H3. The van der Waals surface area contributed by atoms with Gasteiger partial charge in [0.1, 0.15) is 0 Å². The minimum absolute atomic E-state index is 0.0154. The fraction of sp³-hybridized carbons (Fsp3) is 0.667. The van der Waals surface area contributed by atoms with Crippen molar-refractivity contribution in [1.29, 1.82) is 0 Å². The van der Waals surface area contributed by atoms with Gasteiger partial charge in [-0.2, -0.15) is 5.10 Å². The summed E-state index contributed by atoms with van der Waals surface area (Å²) >= 11 is 0. The maximum absolute atomic E-state index is 13.6. The molecule has 0 N–H and O–H groups in total. The number of fused-ring (bicyclic) bond motifs is 1. The third-order valence-corrected chi connectivity index (χ3v) is 6.62. The highest BCUT2D eigenvalue weighted by Gasteiger charge is 2.33. The monoisotopic (exact) mass is 425 g/mol. The molecule has 2 aromatic rings. The highest BCUT2D eigenvalue weighted by Crippen LogP contribution is 2.31. The smallest absolute Gasteiger partial charge is 0.254 e. The van der Waals surface area contributed by atoms with E-state index in [4.69, 9.17) is 10.1 Å². The van der Waals surface area contributed by atoms with Crippen molar-refractivity contribution in [3.05, 3.63) is 23.0 Å². The normalized spacial score (nSPS) is 18.0. The second-order valence-electron chi connectivity index (χ2n) is 10.4. The molecule has 7 nitrogen and oxygen atoms in total. The first kappa shape index (κ1) is 21.8. The molecular weight excluding hydrogens is 390 g/mol. The molecule has 1 aliphatic carbocycles. The molecule has 0 radical (unpaired) electrons. The fourth-order valence-corrected chi connectivity index (χ4v) is 4.45. The topological polar surface area (TPSA) is 71.3 Å². The summed E-state index contributed by atoms with van der Waals surface area (Å²) in [5.74, 6) is 0.703. The van der Waals surface area contributed by atoms with Gasteiger partial charge in [-0.15, -0.1) is 0 Å². The van der Waals surface area contributed by atoms with E-state index < -0.39 is 0 Å². The number of hydrogen-bond acceptors (Lipinski definition) is 4. The van der Waals surface area contributed by atoms with E-state index in [1.165, 1.54) is 0 Å². The lowest BCUT2D eigenvalue weighted by Crippen LogP contribution is -2.52. The minimum atomic E-state index is -0.233. The molecule has 2 aromatic heterocycles. The van der Waals surface area contributed by atoms with E-state index in [1.54, 1.807) is 0 Å². The number of pyridine rings is 1. The van der Waals surface area contributed by atoms with Crippen LogP contribution in [0.4, 0.5) is 0 Å². The van der Waals surface area contributed by atoms with Crippen molar-refractivity contribution in [3.63, 3.8) is 0 Å². The fourth-order valence-electron chi connectivity index (χ4n) is 4.45. The molecule has 0 unspecified atom stereocenters. The maximum atomic E-state index is 13.6. The van der Waals surface area contributed by atoms with Crippen LogP contribution in [0.3, 0.4) is 0 Å². The summed E-state index contributed by atoms with van der Waals surface area (Å²) in [6.45, 7) is 14.8. The summed E-state index contributed by atoms with van der Waals surface area (Å²) in [5.41, 5.74) is 2.96. The molecule has 1 saturated carbocycles. The average molecular weight is 426 g/mol. The molecule has 168 valence electrons. The van der Waals surface area contributed by atoms with E-state index in [9.17, 15) is 9.59 Å². The largest absolute Gasteiger partial charge is 0.339 e. The Morgan fingerprint density at radius 2 is 1.68 bits per heavy atom. The van der Waals surface area contributed by atoms with E-state index in [0.717, 1.165) is 41.7 Å². The zero-order valence-electron chi connectivity index (χ0n) is 19.7. The Kier molecular flexibility index (Phi) is 5.56. The zero-order chi connectivity index (χ0) is 22.5. The molecule has 3 heterocycles. The molecule has 2 amide bonds. The molecule has 7 heteroatoms. The van der Waals surface area contributed by atoms with E-state index in [-0.39, 0.29) is 29.2 Å². The van der Waals surface area contributed by atoms with Gasteiger partial charge in [0, 0.05) is 37.8 Å². The van der Waals surface area contributed by atoms with Crippen LogP contribution in [0, 0.1) is 12.8 Å². The number of aryl methyl sites for hydroxylation is 1. The summed E-state index contributed by atoms with van der Waals surface area (Å²) in [5, 5.41) is 5.60. The van der Waals surface area contributed by atoms with Crippen LogP contribution in [0.15, 0.2) is 6.07 Å². The summed E-state index contributed by atoms with van der Waals surface area (Å²) < 4.78 is 1.94. The number of amides is 2. The Balaban J connectivity index is 1.65. The van der Waals surface area contributed by atoms with Crippen LogP contribution in [-0.4, -0.2) is 62.6 Å². The van der Waals surface area contributed by atoms with Gasteiger partial charge in [-0.05, 0) is 52.5 Å². The van der Waals surface area contributed by atoms with Crippen molar-refractivity contribution in [2.24, 2.45) is 5.92 Å². The Bertz CT molecular complexity index is 1010. The molecule has 2 aliphatic rings. The van der Waals surface area contributed by atoms with Crippen LogP contribution in [0.2, 0.25) is 0 Å².